The molecule has 0 spiro atoms. The van der Waals surface area contributed by atoms with Gasteiger partial charge in [-0.2, -0.15) is 0 Å². The van der Waals surface area contributed by atoms with Crippen LogP contribution < -0.4 is 10.6 Å². The molecule has 7 heteroatoms. The molecule has 3 rings (SSSR count). The van der Waals surface area contributed by atoms with Crippen LogP contribution in [0.5, 0.6) is 0 Å². The van der Waals surface area contributed by atoms with Crippen molar-refractivity contribution in [3.63, 3.8) is 0 Å². The van der Waals surface area contributed by atoms with Gasteiger partial charge in [0.05, 0.1) is 5.69 Å². The van der Waals surface area contributed by atoms with Crippen molar-refractivity contribution in [3.8, 4) is 0 Å². The quantitative estimate of drug-likeness (QED) is 0.895. The van der Waals surface area contributed by atoms with E-state index in [-0.39, 0.29) is 0 Å². The van der Waals surface area contributed by atoms with Crippen LogP contribution in [0.2, 0.25) is 0 Å². The number of piperazine rings is 1. The van der Waals surface area contributed by atoms with Gasteiger partial charge >= 0.3 is 0 Å². The van der Waals surface area contributed by atoms with Crippen molar-refractivity contribution in [2.45, 2.75) is 6.54 Å². The first kappa shape index (κ1) is 12.3. The third-order valence-electron chi connectivity index (χ3n) is 3.16. The molecule has 100 valence electrons. The molecule has 0 aliphatic carbocycles. The molecule has 2 N–H and O–H groups in total. The van der Waals surface area contributed by atoms with E-state index in [0.717, 1.165) is 44.4 Å². The number of nitrogens with two attached hydrogens (primary N) is 1. The molecule has 0 radical (unpaired) electrons. The molecule has 1 fully saturated rings. The minimum absolute atomic E-state index is 0.645. The van der Waals surface area contributed by atoms with E-state index >= 15 is 0 Å². The summed E-state index contributed by atoms with van der Waals surface area (Å²) in [5, 5.41) is 2.67. The van der Waals surface area contributed by atoms with Gasteiger partial charge in [0.1, 0.15) is 0 Å². The Labute approximate surface area is 115 Å². The Hall–Kier alpha value is -1.73. The van der Waals surface area contributed by atoms with E-state index in [1.54, 1.807) is 12.4 Å². The first-order valence-electron chi connectivity index (χ1n) is 6.25. The van der Waals surface area contributed by atoms with Crippen LogP contribution in [0.3, 0.4) is 0 Å². The summed E-state index contributed by atoms with van der Waals surface area (Å²) < 4.78 is 0. The molecule has 1 saturated heterocycles. The Balaban J connectivity index is 1.55. The van der Waals surface area contributed by atoms with E-state index in [9.17, 15) is 0 Å². The topological polar surface area (TPSA) is 71.2 Å². The van der Waals surface area contributed by atoms with Crippen LogP contribution in [0.25, 0.3) is 0 Å². The van der Waals surface area contributed by atoms with Crippen LogP contribution in [-0.2, 0) is 6.54 Å². The predicted octanol–water partition coefficient (Wildman–Crippen LogP) is 0.837. The maximum atomic E-state index is 5.65. The fraction of sp³-hybridized carbons (Fsp3) is 0.417. The number of thiazole rings is 1. The van der Waals surface area contributed by atoms with E-state index in [1.165, 1.54) is 11.3 Å². The molecule has 6 nitrogen and oxygen atoms in total. The molecule has 2 aromatic rings. The number of aromatic nitrogens is 3. The minimum atomic E-state index is 0.645. The van der Waals surface area contributed by atoms with Crippen molar-refractivity contribution >= 4 is 22.4 Å². The molecule has 0 amide bonds. The summed E-state index contributed by atoms with van der Waals surface area (Å²) in [6.45, 7) is 4.76. The highest BCUT2D eigenvalue weighted by Gasteiger charge is 2.19. The molecule has 1 aliphatic rings. The molecule has 2 aromatic heterocycles. The summed E-state index contributed by atoms with van der Waals surface area (Å²) in [6, 6.07) is 1.84. The van der Waals surface area contributed by atoms with Gasteiger partial charge in [0.2, 0.25) is 5.95 Å². The van der Waals surface area contributed by atoms with Crippen molar-refractivity contribution in [1.82, 2.24) is 19.9 Å². The third-order valence-corrected chi connectivity index (χ3v) is 3.89. The van der Waals surface area contributed by atoms with Gasteiger partial charge in [-0.15, -0.1) is 11.3 Å². The van der Waals surface area contributed by atoms with Gasteiger partial charge < -0.3 is 10.6 Å². The monoisotopic (exact) mass is 276 g/mol. The van der Waals surface area contributed by atoms with Gasteiger partial charge in [0, 0.05) is 50.5 Å². The minimum Gasteiger partial charge on any atom is -0.375 e. The third kappa shape index (κ3) is 2.99. The smallest absolute Gasteiger partial charge is 0.225 e. The molecular weight excluding hydrogens is 260 g/mol. The zero-order chi connectivity index (χ0) is 13.1. The summed E-state index contributed by atoms with van der Waals surface area (Å²) in [5.41, 5.74) is 6.71. The summed E-state index contributed by atoms with van der Waals surface area (Å²) in [7, 11) is 0. The molecule has 19 heavy (non-hydrogen) atoms. The van der Waals surface area contributed by atoms with Crippen molar-refractivity contribution in [1.29, 1.82) is 0 Å². The van der Waals surface area contributed by atoms with Gasteiger partial charge in [-0.25, -0.2) is 15.0 Å². The first-order chi connectivity index (χ1) is 9.31. The Morgan fingerprint density at radius 2 is 1.89 bits per heavy atom. The number of rotatable bonds is 3. The van der Waals surface area contributed by atoms with Crippen LogP contribution in [-0.4, -0.2) is 46.0 Å². The largest absolute Gasteiger partial charge is 0.375 e. The Kier molecular flexibility index (Phi) is 3.56. The molecule has 0 atom stereocenters. The zero-order valence-electron chi connectivity index (χ0n) is 10.6. The van der Waals surface area contributed by atoms with Gasteiger partial charge in [0.25, 0.3) is 0 Å². The van der Waals surface area contributed by atoms with E-state index < -0.39 is 0 Å². The normalized spacial score (nSPS) is 16.7. The molecule has 3 heterocycles. The lowest BCUT2D eigenvalue weighted by Gasteiger charge is -2.34. The number of hydrogen-bond acceptors (Lipinski definition) is 7. The van der Waals surface area contributed by atoms with Gasteiger partial charge in [-0.05, 0) is 6.07 Å². The second-order valence-electron chi connectivity index (χ2n) is 4.49. The van der Waals surface area contributed by atoms with E-state index in [0.29, 0.717) is 5.13 Å². The van der Waals surface area contributed by atoms with Gasteiger partial charge in [-0.1, -0.05) is 0 Å². The van der Waals surface area contributed by atoms with Crippen LogP contribution >= 0.6 is 11.3 Å². The number of nitrogens with zero attached hydrogens (tertiary/aromatic N) is 5. The van der Waals surface area contributed by atoms with Crippen molar-refractivity contribution in [2.75, 3.05) is 36.8 Å². The Morgan fingerprint density at radius 1 is 1.16 bits per heavy atom. The SMILES string of the molecule is Nc1nc(CN2CCN(c3ncccn3)CC2)cs1. The van der Waals surface area contributed by atoms with Crippen LogP contribution in [0, 0.1) is 0 Å². The molecule has 1 aliphatic heterocycles. The number of nitrogen functional groups attached to an aromatic ring is 1. The summed E-state index contributed by atoms with van der Waals surface area (Å²) in [6.07, 6.45) is 3.57. The lowest BCUT2D eigenvalue weighted by Crippen LogP contribution is -2.46. The van der Waals surface area contributed by atoms with Gasteiger partial charge in [-0.3, -0.25) is 4.90 Å². The lowest BCUT2D eigenvalue weighted by atomic mass is 10.3. The molecule has 0 unspecified atom stereocenters. The molecule has 0 aromatic carbocycles. The van der Waals surface area contributed by atoms with Crippen LogP contribution in [0.4, 0.5) is 11.1 Å². The fourth-order valence-corrected chi connectivity index (χ4v) is 2.74. The molecule has 0 saturated carbocycles. The number of anilines is 2. The summed E-state index contributed by atoms with van der Waals surface area (Å²) in [4.78, 5) is 17.5. The van der Waals surface area contributed by atoms with E-state index in [2.05, 4.69) is 24.8 Å². The van der Waals surface area contributed by atoms with E-state index in [4.69, 9.17) is 5.73 Å². The zero-order valence-corrected chi connectivity index (χ0v) is 11.4. The second kappa shape index (κ2) is 5.50. The predicted molar refractivity (Wildman–Crippen MR) is 76.0 cm³/mol. The maximum Gasteiger partial charge on any atom is 0.225 e. The number of hydrogen-bond donors (Lipinski definition) is 1. The highest BCUT2D eigenvalue weighted by Crippen LogP contribution is 2.15. The van der Waals surface area contributed by atoms with Crippen molar-refractivity contribution in [3.05, 3.63) is 29.5 Å². The van der Waals surface area contributed by atoms with Crippen LogP contribution in [0.1, 0.15) is 5.69 Å². The maximum absolute atomic E-state index is 5.65. The van der Waals surface area contributed by atoms with Crippen LogP contribution in [0.15, 0.2) is 23.8 Å². The summed E-state index contributed by atoms with van der Waals surface area (Å²) >= 11 is 1.50. The van der Waals surface area contributed by atoms with Crippen molar-refractivity contribution in [2.24, 2.45) is 0 Å². The standard InChI is InChI=1S/C12H16N6S/c13-11-16-10(9-19-11)8-17-4-6-18(7-5-17)12-14-2-1-3-15-12/h1-3,9H,4-8H2,(H2,13,16). The average Bonchev–Trinajstić information content (AvgIpc) is 2.86. The fourth-order valence-electron chi connectivity index (χ4n) is 2.18. The second-order valence-corrected chi connectivity index (χ2v) is 5.38. The first-order valence-corrected chi connectivity index (χ1v) is 7.13. The lowest BCUT2D eigenvalue weighted by molar-refractivity contribution is 0.246. The highest BCUT2D eigenvalue weighted by atomic mass is 32.1. The Morgan fingerprint density at radius 3 is 2.53 bits per heavy atom. The highest BCUT2D eigenvalue weighted by molar-refractivity contribution is 7.13. The van der Waals surface area contributed by atoms with Crippen molar-refractivity contribution < 1.29 is 0 Å². The molecule has 0 bridgehead atoms. The molecular formula is C12H16N6S. The Bertz CT molecular complexity index is 520. The summed E-state index contributed by atoms with van der Waals surface area (Å²) in [5.74, 6) is 0.819. The van der Waals surface area contributed by atoms with E-state index in [1.807, 2.05) is 11.4 Å². The average molecular weight is 276 g/mol. The van der Waals surface area contributed by atoms with Gasteiger partial charge in [0.15, 0.2) is 5.13 Å².